The van der Waals surface area contributed by atoms with Gasteiger partial charge in [-0.2, -0.15) is 0 Å². The maximum absolute atomic E-state index is 10.5. The highest BCUT2D eigenvalue weighted by molar-refractivity contribution is 5.82. The Labute approximate surface area is 89.4 Å². The third-order valence-corrected chi connectivity index (χ3v) is 2.22. The van der Waals surface area contributed by atoms with Gasteiger partial charge in [-0.25, -0.2) is 14.8 Å². The zero-order valence-electron chi connectivity index (χ0n) is 8.94. The van der Waals surface area contributed by atoms with Gasteiger partial charge in [-0.15, -0.1) is 0 Å². The normalized spacial score (nSPS) is 10.2. The molecule has 1 heterocycles. The summed E-state index contributed by atoms with van der Waals surface area (Å²) in [6.07, 6.45) is 8.91. The Morgan fingerprint density at radius 3 is 2.47 bits per heavy atom. The van der Waals surface area contributed by atoms with E-state index in [0.29, 0.717) is 0 Å². The van der Waals surface area contributed by atoms with Gasteiger partial charge in [0.1, 0.15) is 0 Å². The van der Waals surface area contributed by atoms with Gasteiger partial charge in [0.15, 0.2) is 0 Å². The van der Waals surface area contributed by atoms with Crippen LogP contribution in [0.15, 0.2) is 12.4 Å². The smallest absolute Gasteiger partial charge is 0.373 e. The van der Waals surface area contributed by atoms with Crippen LogP contribution in [-0.4, -0.2) is 21.0 Å². The van der Waals surface area contributed by atoms with Gasteiger partial charge in [0.2, 0.25) is 5.82 Å². The average Bonchev–Trinajstić information content (AvgIpc) is 2.25. The molecule has 0 aliphatic heterocycles. The third-order valence-electron chi connectivity index (χ3n) is 2.22. The number of unbranched alkanes of at least 4 members (excludes halogenated alkanes) is 3. The highest BCUT2D eigenvalue weighted by Crippen LogP contribution is 2.06. The van der Waals surface area contributed by atoms with E-state index >= 15 is 0 Å². The predicted molar refractivity (Wildman–Crippen MR) is 56.8 cm³/mol. The minimum absolute atomic E-state index is 0.132. The molecule has 0 spiro atoms. The largest absolute Gasteiger partial charge is 0.475 e. The van der Waals surface area contributed by atoms with Crippen molar-refractivity contribution in [3.8, 4) is 0 Å². The molecular weight excluding hydrogens is 192 g/mol. The van der Waals surface area contributed by atoms with Crippen LogP contribution >= 0.6 is 0 Å². The van der Waals surface area contributed by atoms with Crippen LogP contribution in [0.4, 0.5) is 0 Å². The summed E-state index contributed by atoms with van der Waals surface area (Å²) in [5.41, 5.74) is 1.01. The lowest BCUT2D eigenvalue weighted by Gasteiger charge is -2.00. The molecule has 1 rings (SSSR count). The molecule has 1 aromatic rings. The van der Waals surface area contributed by atoms with Crippen LogP contribution < -0.4 is 0 Å². The number of rotatable bonds is 6. The van der Waals surface area contributed by atoms with E-state index in [-0.39, 0.29) is 5.82 Å². The molecule has 0 bridgehead atoms. The van der Waals surface area contributed by atoms with Crippen molar-refractivity contribution in [3.05, 3.63) is 23.8 Å². The van der Waals surface area contributed by atoms with Gasteiger partial charge in [-0.05, 0) is 18.4 Å². The number of aromatic carboxylic acids is 1. The van der Waals surface area contributed by atoms with Crippen LogP contribution in [0.1, 0.15) is 48.8 Å². The highest BCUT2D eigenvalue weighted by atomic mass is 16.4. The van der Waals surface area contributed by atoms with Crippen LogP contribution in [0.5, 0.6) is 0 Å². The number of hydrogen-bond acceptors (Lipinski definition) is 3. The van der Waals surface area contributed by atoms with Crippen molar-refractivity contribution < 1.29 is 9.90 Å². The summed E-state index contributed by atoms with van der Waals surface area (Å²) in [5.74, 6) is -1.21. The fourth-order valence-electron chi connectivity index (χ4n) is 1.35. The van der Waals surface area contributed by atoms with Crippen LogP contribution in [0.3, 0.4) is 0 Å². The summed E-state index contributed by atoms with van der Waals surface area (Å²) >= 11 is 0. The van der Waals surface area contributed by atoms with E-state index in [0.717, 1.165) is 18.4 Å². The summed E-state index contributed by atoms with van der Waals surface area (Å²) in [7, 11) is 0. The number of aromatic nitrogens is 2. The van der Waals surface area contributed by atoms with Crippen molar-refractivity contribution in [3.63, 3.8) is 0 Å². The molecule has 0 amide bonds. The molecule has 1 N–H and O–H groups in total. The van der Waals surface area contributed by atoms with E-state index in [2.05, 4.69) is 16.9 Å². The Morgan fingerprint density at radius 2 is 1.93 bits per heavy atom. The first-order valence-electron chi connectivity index (χ1n) is 5.28. The van der Waals surface area contributed by atoms with Crippen LogP contribution in [-0.2, 0) is 6.42 Å². The summed E-state index contributed by atoms with van der Waals surface area (Å²) in [6.45, 7) is 2.17. The second-order valence-corrected chi connectivity index (χ2v) is 3.53. The standard InChI is InChI=1S/C11H16N2O2/c1-2-3-4-5-6-9-7-12-10(11(14)15)13-8-9/h7-8H,2-6H2,1H3,(H,14,15). The SMILES string of the molecule is CCCCCCc1cnc(C(=O)O)nc1. The average molecular weight is 208 g/mol. The van der Waals surface area contributed by atoms with Crippen molar-refractivity contribution in [1.82, 2.24) is 9.97 Å². The van der Waals surface area contributed by atoms with Gasteiger partial charge >= 0.3 is 5.97 Å². The maximum atomic E-state index is 10.5. The first kappa shape index (κ1) is 11.6. The number of hydrogen-bond donors (Lipinski definition) is 1. The van der Waals surface area contributed by atoms with Crippen molar-refractivity contribution in [2.24, 2.45) is 0 Å². The molecule has 4 nitrogen and oxygen atoms in total. The van der Waals surface area contributed by atoms with Gasteiger partial charge < -0.3 is 5.11 Å². The van der Waals surface area contributed by atoms with E-state index in [1.807, 2.05) is 0 Å². The van der Waals surface area contributed by atoms with Crippen molar-refractivity contribution in [1.29, 1.82) is 0 Å². The molecule has 1 aromatic heterocycles. The van der Waals surface area contributed by atoms with E-state index in [9.17, 15) is 4.79 Å². The molecule has 0 aliphatic rings. The molecule has 0 saturated carbocycles. The molecule has 0 saturated heterocycles. The molecular formula is C11H16N2O2. The summed E-state index contributed by atoms with van der Waals surface area (Å²) in [5, 5.41) is 8.60. The summed E-state index contributed by atoms with van der Waals surface area (Å²) in [6, 6.07) is 0. The number of carbonyl (C=O) groups is 1. The Hall–Kier alpha value is -1.45. The molecule has 0 fully saturated rings. The lowest BCUT2D eigenvalue weighted by Crippen LogP contribution is -2.04. The number of carboxylic acid groups (broad SMARTS) is 1. The minimum atomic E-state index is -1.08. The van der Waals surface area contributed by atoms with Crippen molar-refractivity contribution in [2.45, 2.75) is 39.0 Å². The zero-order chi connectivity index (χ0) is 11.1. The zero-order valence-corrected chi connectivity index (χ0v) is 8.94. The topological polar surface area (TPSA) is 63.1 Å². The van der Waals surface area contributed by atoms with Gasteiger partial charge in [-0.1, -0.05) is 26.2 Å². The molecule has 15 heavy (non-hydrogen) atoms. The van der Waals surface area contributed by atoms with E-state index in [4.69, 9.17) is 5.11 Å². The van der Waals surface area contributed by atoms with Crippen molar-refractivity contribution in [2.75, 3.05) is 0 Å². The first-order chi connectivity index (χ1) is 7.24. The first-order valence-corrected chi connectivity index (χ1v) is 5.28. The molecule has 82 valence electrons. The molecule has 0 atom stereocenters. The lowest BCUT2D eigenvalue weighted by atomic mass is 10.1. The summed E-state index contributed by atoms with van der Waals surface area (Å²) < 4.78 is 0. The van der Waals surface area contributed by atoms with Gasteiger partial charge in [-0.3, -0.25) is 0 Å². The lowest BCUT2D eigenvalue weighted by molar-refractivity contribution is 0.0683. The van der Waals surface area contributed by atoms with Crippen LogP contribution in [0.2, 0.25) is 0 Å². The Balaban J connectivity index is 2.39. The number of carboxylic acids is 1. The molecule has 0 unspecified atom stereocenters. The predicted octanol–water partition coefficient (Wildman–Crippen LogP) is 2.30. The fraction of sp³-hybridized carbons (Fsp3) is 0.545. The van der Waals surface area contributed by atoms with Gasteiger partial charge in [0, 0.05) is 12.4 Å². The monoisotopic (exact) mass is 208 g/mol. The van der Waals surface area contributed by atoms with E-state index < -0.39 is 5.97 Å². The van der Waals surface area contributed by atoms with Gasteiger partial charge in [0.25, 0.3) is 0 Å². The Bertz CT molecular complexity index is 309. The molecule has 0 aliphatic carbocycles. The highest BCUT2D eigenvalue weighted by Gasteiger charge is 2.04. The maximum Gasteiger partial charge on any atom is 0.373 e. The van der Waals surface area contributed by atoms with Gasteiger partial charge in [0.05, 0.1) is 0 Å². The number of nitrogens with zero attached hydrogens (tertiary/aromatic N) is 2. The Morgan fingerprint density at radius 1 is 1.27 bits per heavy atom. The Kier molecular flexibility index (Phi) is 4.74. The summed E-state index contributed by atoms with van der Waals surface area (Å²) in [4.78, 5) is 18.0. The minimum Gasteiger partial charge on any atom is -0.475 e. The van der Waals surface area contributed by atoms with E-state index in [1.165, 1.54) is 19.3 Å². The quantitative estimate of drug-likeness (QED) is 0.728. The van der Waals surface area contributed by atoms with Crippen molar-refractivity contribution >= 4 is 5.97 Å². The molecule has 0 aromatic carbocycles. The second-order valence-electron chi connectivity index (χ2n) is 3.53. The number of aryl methyl sites for hydroxylation is 1. The fourth-order valence-corrected chi connectivity index (χ4v) is 1.35. The van der Waals surface area contributed by atoms with E-state index in [1.54, 1.807) is 12.4 Å². The van der Waals surface area contributed by atoms with Crippen LogP contribution in [0.25, 0.3) is 0 Å². The third kappa shape index (κ3) is 4.06. The molecule has 0 radical (unpaired) electrons. The molecule has 4 heteroatoms. The van der Waals surface area contributed by atoms with Crippen LogP contribution in [0, 0.1) is 0 Å². The second kappa shape index (κ2) is 6.11.